The lowest BCUT2D eigenvalue weighted by molar-refractivity contribution is 0.0969. The van der Waals surface area contributed by atoms with E-state index in [1.165, 1.54) is 0 Å². The van der Waals surface area contributed by atoms with Crippen LogP contribution in [0.1, 0.15) is 16.2 Å². The van der Waals surface area contributed by atoms with E-state index in [4.69, 9.17) is 15.3 Å². The number of hydrogen-bond acceptors (Lipinski definition) is 4. The number of fused-ring (bicyclic) bond motifs is 1. The van der Waals surface area contributed by atoms with Gasteiger partial charge in [-0.25, -0.2) is 4.98 Å². The Kier molecular flexibility index (Phi) is 1.94. The first-order valence-corrected chi connectivity index (χ1v) is 4.01. The van der Waals surface area contributed by atoms with Crippen LogP contribution in [-0.4, -0.2) is 16.0 Å². The third kappa shape index (κ3) is 1.33. The van der Waals surface area contributed by atoms with Crippen molar-refractivity contribution in [2.45, 2.75) is 6.61 Å². The molecule has 72 valence electrons. The van der Waals surface area contributed by atoms with Crippen LogP contribution in [-0.2, 0) is 6.61 Å². The van der Waals surface area contributed by atoms with Crippen LogP contribution >= 0.6 is 0 Å². The first-order chi connectivity index (χ1) is 6.70. The van der Waals surface area contributed by atoms with Gasteiger partial charge in [0.15, 0.2) is 5.58 Å². The number of aliphatic hydroxyl groups excluding tert-OH is 1. The number of hydrogen-bond donors (Lipinski definition) is 2. The third-order valence-electron chi connectivity index (χ3n) is 1.85. The predicted octanol–water partition coefficient (Wildman–Crippen LogP) is 0.419. The van der Waals surface area contributed by atoms with Gasteiger partial charge in [0, 0.05) is 0 Å². The smallest absolute Gasteiger partial charge is 0.304 e. The maximum absolute atomic E-state index is 10.7. The zero-order valence-electron chi connectivity index (χ0n) is 7.23. The molecule has 1 amide bonds. The number of rotatable bonds is 2. The molecule has 0 spiro atoms. The van der Waals surface area contributed by atoms with Crippen LogP contribution in [0.25, 0.3) is 11.1 Å². The fraction of sp³-hybridized carbons (Fsp3) is 0.111. The number of primary amides is 1. The monoisotopic (exact) mass is 192 g/mol. The standard InChI is InChI=1S/C9H8N2O3/c10-8(13)9-11-6-3-5(4-12)1-2-7(6)14-9/h1-3,12H,4H2,(H2,10,13). The highest BCUT2D eigenvalue weighted by atomic mass is 16.4. The number of nitrogens with zero attached hydrogens (tertiary/aromatic N) is 1. The summed E-state index contributed by atoms with van der Waals surface area (Å²) in [7, 11) is 0. The Morgan fingerprint density at radius 2 is 2.36 bits per heavy atom. The van der Waals surface area contributed by atoms with Crippen LogP contribution < -0.4 is 5.73 Å². The molecule has 1 aromatic heterocycles. The van der Waals surface area contributed by atoms with Crippen molar-refractivity contribution < 1.29 is 14.3 Å². The fourth-order valence-electron chi connectivity index (χ4n) is 1.18. The van der Waals surface area contributed by atoms with E-state index in [0.717, 1.165) is 0 Å². The van der Waals surface area contributed by atoms with Gasteiger partial charge in [-0.05, 0) is 17.7 Å². The third-order valence-corrected chi connectivity index (χ3v) is 1.85. The molecule has 3 N–H and O–H groups in total. The Hall–Kier alpha value is -1.88. The molecule has 0 aliphatic heterocycles. The average Bonchev–Trinajstić information content (AvgIpc) is 2.59. The van der Waals surface area contributed by atoms with Crippen LogP contribution in [0.15, 0.2) is 22.6 Å². The minimum absolute atomic E-state index is 0.0747. The molecule has 0 radical (unpaired) electrons. The molecule has 2 rings (SSSR count). The molecule has 0 aliphatic carbocycles. The molecule has 0 aliphatic rings. The fourth-order valence-corrected chi connectivity index (χ4v) is 1.18. The minimum Gasteiger partial charge on any atom is -0.432 e. The average molecular weight is 192 g/mol. The summed E-state index contributed by atoms with van der Waals surface area (Å²) >= 11 is 0. The molecule has 5 nitrogen and oxygen atoms in total. The Morgan fingerprint density at radius 3 is 3.00 bits per heavy atom. The van der Waals surface area contributed by atoms with Gasteiger partial charge in [-0.1, -0.05) is 6.07 Å². The molecule has 0 saturated heterocycles. The molecule has 1 aromatic carbocycles. The van der Waals surface area contributed by atoms with E-state index < -0.39 is 5.91 Å². The Balaban J connectivity index is 2.60. The first kappa shape index (κ1) is 8.71. The number of aliphatic hydroxyl groups is 1. The maximum atomic E-state index is 10.7. The van der Waals surface area contributed by atoms with Gasteiger partial charge in [0.25, 0.3) is 5.89 Å². The van der Waals surface area contributed by atoms with E-state index in [2.05, 4.69) is 4.98 Å². The van der Waals surface area contributed by atoms with E-state index in [-0.39, 0.29) is 12.5 Å². The van der Waals surface area contributed by atoms with Gasteiger partial charge in [0.2, 0.25) is 0 Å². The van der Waals surface area contributed by atoms with Gasteiger partial charge >= 0.3 is 5.91 Å². The van der Waals surface area contributed by atoms with Crippen molar-refractivity contribution in [2.24, 2.45) is 5.73 Å². The zero-order chi connectivity index (χ0) is 10.1. The van der Waals surface area contributed by atoms with Crippen LogP contribution in [0.2, 0.25) is 0 Å². The lowest BCUT2D eigenvalue weighted by atomic mass is 10.2. The van der Waals surface area contributed by atoms with Crippen molar-refractivity contribution in [1.29, 1.82) is 0 Å². The number of oxazole rings is 1. The maximum Gasteiger partial charge on any atom is 0.304 e. The lowest BCUT2D eigenvalue weighted by Crippen LogP contribution is -2.10. The lowest BCUT2D eigenvalue weighted by Gasteiger charge is -1.92. The van der Waals surface area contributed by atoms with Crippen molar-refractivity contribution in [1.82, 2.24) is 4.98 Å². The van der Waals surface area contributed by atoms with E-state index >= 15 is 0 Å². The second kappa shape index (κ2) is 3.12. The highest BCUT2D eigenvalue weighted by Gasteiger charge is 2.10. The predicted molar refractivity (Wildman–Crippen MR) is 48.4 cm³/mol. The van der Waals surface area contributed by atoms with Gasteiger partial charge < -0.3 is 15.3 Å². The summed E-state index contributed by atoms with van der Waals surface area (Å²) in [5.74, 6) is -0.818. The Labute approximate surface area is 79.2 Å². The zero-order valence-corrected chi connectivity index (χ0v) is 7.23. The molecule has 0 atom stereocenters. The van der Waals surface area contributed by atoms with Crippen molar-refractivity contribution in [3.63, 3.8) is 0 Å². The first-order valence-electron chi connectivity index (χ1n) is 4.01. The molecule has 0 unspecified atom stereocenters. The highest BCUT2D eigenvalue weighted by Crippen LogP contribution is 2.16. The van der Waals surface area contributed by atoms with E-state index in [1.54, 1.807) is 18.2 Å². The van der Waals surface area contributed by atoms with Crippen LogP contribution in [0.4, 0.5) is 0 Å². The van der Waals surface area contributed by atoms with Crippen molar-refractivity contribution in [3.8, 4) is 0 Å². The van der Waals surface area contributed by atoms with Crippen LogP contribution in [0.5, 0.6) is 0 Å². The Bertz CT molecular complexity index is 490. The quantitative estimate of drug-likeness (QED) is 0.721. The number of amides is 1. The molecule has 1 heterocycles. The second-order valence-electron chi connectivity index (χ2n) is 2.84. The van der Waals surface area contributed by atoms with E-state index in [9.17, 15) is 4.79 Å². The molecule has 5 heteroatoms. The van der Waals surface area contributed by atoms with Crippen molar-refractivity contribution in [3.05, 3.63) is 29.7 Å². The number of nitrogens with two attached hydrogens (primary N) is 1. The molecule has 0 fully saturated rings. The van der Waals surface area contributed by atoms with Gasteiger partial charge in [0.05, 0.1) is 6.61 Å². The number of benzene rings is 1. The van der Waals surface area contributed by atoms with Gasteiger partial charge in [-0.3, -0.25) is 4.79 Å². The van der Waals surface area contributed by atoms with Crippen LogP contribution in [0.3, 0.4) is 0 Å². The SMILES string of the molecule is NC(=O)c1nc2cc(CO)ccc2o1. The summed E-state index contributed by atoms with van der Waals surface area (Å²) in [6.45, 7) is -0.0747. The number of carbonyl (C=O) groups excluding carboxylic acids is 1. The van der Waals surface area contributed by atoms with Crippen LogP contribution in [0, 0.1) is 0 Å². The number of aromatic nitrogens is 1. The van der Waals surface area contributed by atoms with E-state index in [1.807, 2.05) is 0 Å². The summed E-state index contributed by atoms with van der Waals surface area (Å²) in [5, 5.41) is 8.86. The molecule has 2 aromatic rings. The normalized spacial score (nSPS) is 10.6. The summed E-state index contributed by atoms with van der Waals surface area (Å²) < 4.78 is 5.06. The summed E-state index contributed by atoms with van der Waals surface area (Å²) in [5.41, 5.74) is 6.71. The van der Waals surface area contributed by atoms with Crippen molar-refractivity contribution >= 4 is 17.0 Å². The van der Waals surface area contributed by atoms with Crippen molar-refractivity contribution in [2.75, 3.05) is 0 Å². The molecule has 0 bridgehead atoms. The summed E-state index contributed by atoms with van der Waals surface area (Å²) in [6.07, 6.45) is 0. The van der Waals surface area contributed by atoms with Gasteiger partial charge in [0.1, 0.15) is 5.52 Å². The molecule has 0 saturated carbocycles. The van der Waals surface area contributed by atoms with Gasteiger partial charge in [-0.15, -0.1) is 0 Å². The highest BCUT2D eigenvalue weighted by molar-refractivity contribution is 5.91. The summed E-state index contributed by atoms with van der Waals surface area (Å²) in [6, 6.07) is 4.98. The molecular weight excluding hydrogens is 184 g/mol. The molecule has 14 heavy (non-hydrogen) atoms. The largest absolute Gasteiger partial charge is 0.432 e. The summed E-state index contributed by atoms with van der Waals surface area (Å²) in [4.78, 5) is 14.6. The molecular formula is C9H8N2O3. The second-order valence-corrected chi connectivity index (χ2v) is 2.84. The minimum atomic E-state index is -0.702. The van der Waals surface area contributed by atoms with Gasteiger partial charge in [-0.2, -0.15) is 0 Å². The Morgan fingerprint density at radius 1 is 1.57 bits per heavy atom. The number of carbonyl (C=O) groups is 1. The van der Waals surface area contributed by atoms with E-state index in [0.29, 0.717) is 16.7 Å². The topological polar surface area (TPSA) is 89.4 Å².